The standard InChI is InChI=1S/C14H11ClF2O2/c1-8(18)13-10(16)5-3-6-11(13)19-12-7-2-4-9(15)14(12)17/h2-8,18H,1H3. The van der Waals surface area contributed by atoms with Crippen LogP contribution in [-0.4, -0.2) is 5.11 Å². The molecule has 0 saturated heterocycles. The fourth-order valence-electron chi connectivity index (χ4n) is 1.69. The van der Waals surface area contributed by atoms with E-state index in [0.29, 0.717) is 0 Å². The van der Waals surface area contributed by atoms with Crippen LogP contribution in [0.25, 0.3) is 0 Å². The molecule has 0 spiro atoms. The van der Waals surface area contributed by atoms with Crippen LogP contribution in [0.2, 0.25) is 5.02 Å². The molecule has 0 radical (unpaired) electrons. The second-order valence-corrected chi connectivity index (χ2v) is 4.39. The van der Waals surface area contributed by atoms with Gasteiger partial charge in [-0.25, -0.2) is 8.78 Å². The first-order valence-electron chi connectivity index (χ1n) is 5.59. The van der Waals surface area contributed by atoms with Crippen molar-refractivity contribution >= 4 is 11.6 Å². The molecule has 5 heteroatoms. The molecule has 0 bridgehead atoms. The summed E-state index contributed by atoms with van der Waals surface area (Å²) >= 11 is 5.64. The van der Waals surface area contributed by atoms with Crippen LogP contribution < -0.4 is 4.74 Å². The average molecular weight is 285 g/mol. The summed E-state index contributed by atoms with van der Waals surface area (Å²) in [5.74, 6) is -1.42. The maximum atomic E-state index is 13.7. The Morgan fingerprint density at radius 1 is 1.11 bits per heavy atom. The molecule has 1 atom stereocenters. The number of hydrogen-bond donors (Lipinski definition) is 1. The number of aliphatic hydroxyl groups is 1. The summed E-state index contributed by atoms with van der Waals surface area (Å²) in [7, 11) is 0. The third-order valence-corrected chi connectivity index (χ3v) is 2.86. The lowest BCUT2D eigenvalue weighted by Gasteiger charge is -2.14. The second kappa shape index (κ2) is 5.55. The Bertz CT molecular complexity index is 600. The van der Waals surface area contributed by atoms with Crippen molar-refractivity contribution in [3.63, 3.8) is 0 Å². The largest absolute Gasteiger partial charge is 0.454 e. The molecule has 0 aromatic heterocycles. The Morgan fingerprint density at radius 3 is 2.42 bits per heavy atom. The number of ether oxygens (including phenoxy) is 1. The van der Waals surface area contributed by atoms with Gasteiger partial charge in [0.05, 0.1) is 16.7 Å². The predicted octanol–water partition coefficient (Wildman–Crippen LogP) is 4.46. The van der Waals surface area contributed by atoms with Crippen LogP contribution in [0.1, 0.15) is 18.6 Å². The maximum absolute atomic E-state index is 13.7. The molecule has 0 amide bonds. The molecule has 1 unspecified atom stereocenters. The van der Waals surface area contributed by atoms with E-state index in [9.17, 15) is 13.9 Å². The van der Waals surface area contributed by atoms with Crippen LogP contribution in [0.5, 0.6) is 11.5 Å². The lowest BCUT2D eigenvalue weighted by atomic mass is 10.1. The zero-order valence-electron chi connectivity index (χ0n) is 10.0. The quantitative estimate of drug-likeness (QED) is 0.901. The Kier molecular flexibility index (Phi) is 4.02. The summed E-state index contributed by atoms with van der Waals surface area (Å²) in [5.41, 5.74) is -0.0260. The molecule has 0 saturated carbocycles. The van der Waals surface area contributed by atoms with Gasteiger partial charge in [0.1, 0.15) is 11.6 Å². The van der Waals surface area contributed by atoms with Gasteiger partial charge in [0.2, 0.25) is 0 Å². The first-order chi connectivity index (χ1) is 9.00. The zero-order chi connectivity index (χ0) is 14.0. The third kappa shape index (κ3) is 2.85. The van der Waals surface area contributed by atoms with Gasteiger partial charge in [-0.2, -0.15) is 0 Å². The summed E-state index contributed by atoms with van der Waals surface area (Å²) in [6.45, 7) is 1.40. The van der Waals surface area contributed by atoms with Crippen LogP contribution >= 0.6 is 11.6 Å². The van der Waals surface area contributed by atoms with Gasteiger partial charge in [0, 0.05) is 0 Å². The number of rotatable bonds is 3. The van der Waals surface area contributed by atoms with E-state index in [1.54, 1.807) is 0 Å². The first kappa shape index (κ1) is 13.8. The molecule has 0 heterocycles. The van der Waals surface area contributed by atoms with Gasteiger partial charge >= 0.3 is 0 Å². The SMILES string of the molecule is CC(O)c1c(F)cccc1Oc1cccc(Cl)c1F. The molecule has 19 heavy (non-hydrogen) atoms. The van der Waals surface area contributed by atoms with Crippen molar-refractivity contribution in [3.8, 4) is 11.5 Å². The fraction of sp³-hybridized carbons (Fsp3) is 0.143. The molecule has 0 aliphatic carbocycles. The Hall–Kier alpha value is -1.65. The number of aliphatic hydroxyl groups excluding tert-OH is 1. The van der Waals surface area contributed by atoms with Crippen LogP contribution in [0.15, 0.2) is 36.4 Å². The molecule has 1 N–H and O–H groups in total. The number of benzene rings is 2. The summed E-state index contributed by atoms with van der Waals surface area (Å²) in [4.78, 5) is 0. The summed E-state index contributed by atoms with van der Waals surface area (Å²) in [6, 6.07) is 8.33. The molecule has 100 valence electrons. The molecule has 2 aromatic carbocycles. The van der Waals surface area contributed by atoms with Gasteiger partial charge in [-0.3, -0.25) is 0 Å². The molecule has 2 rings (SSSR count). The van der Waals surface area contributed by atoms with Gasteiger partial charge in [0.25, 0.3) is 0 Å². The monoisotopic (exact) mass is 284 g/mol. The second-order valence-electron chi connectivity index (χ2n) is 3.98. The summed E-state index contributed by atoms with van der Waals surface area (Å²) < 4.78 is 32.6. The molecular formula is C14H11ClF2O2. The lowest BCUT2D eigenvalue weighted by Crippen LogP contribution is -2.00. The predicted molar refractivity (Wildman–Crippen MR) is 68.5 cm³/mol. The van der Waals surface area contributed by atoms with E-state index in [1.165, 1.54) is 43.3 Å². The molecule has 0 fully saturated rings. The van der Waals surface area contributed by atoms with Gasteiger partial charge in [-0.05, 0) is 31.2 Å². The van der Waals surface area contributed by atoms with Crippen LogP contribution in [0.4, 0.5) is 8.78 Å². The molecule has 0 aliphatic rings. The zero-order valence-corrected chi connectivity index (χ0v) is 10.8. The molecule has 2 aromatic rings. The third-order valence-electron chi connectivity index (χ3n) is 2.57. The van der Waals surface area contributed by atoms with E-state index in [4.69, 9.17) is 16.3 Å². The van der Waals surface area contributed by atoms with E-state index in [1.807, 2.05) is 0 Å². The van der Waals surface area contributed by atoms with E-state index in [0.717, 1.165) is 0 Å². The van der Waals surface area contributed by atoms with E-state index in [2.05, 4.69) is 0 Å². The Balaban J connectivity index is 2.44. The van der Waals surface area contributed by atoms with Crippen molar-refractivity contribution in [3.05, 3.63) is 58.6 Å². The highest BCUT2D eigenvalue weighted by atomic mass is 35.5. The topological polar surface area (TPSA) is 29.5 Å². The van der Waals surface area contributed by atoms with Crippen LogP contribution in [0.3, 0.4) is 0 Å². The van der Waals surface area contributed by atoms with Gasteiger partial charge < -0.3 is 9.84 Å². The lowest BCUT2D eigenvalue weighted by molar-refractivity contribution is 0.190. The minimum atomic E-state index is -1.07. The van der Waals surface area contributed by atoms with Crippen molar-refractivity contribution in [2.24, 2.45) is 0 Å². The first-order valence-corrected chi connectivity index (χ1v) is 5.97. The van der Waals surface area contributed by atoms with E-state index >= 15 is 0 Å². The van der Waals surface area contributed by atoms with Crippen molar-refractivity contribution in [2.45, 2.75) is 13.0 Å². The highest BCUT2D eigenvalue weighted by molar-refractivity contribution is 6.30. The minimum Gasteiger partial charge on any atom is -0.454 e. The minimum absolute atomic E-state index is 0.0260. The van der Waals surface area contributed by atoms with Gasteiger partial charge in [-0.15, -0.1) is 0 Å². The molecular weight excluding hydrogens is 274 g/mol. The van der Waals surface area contributed by atoms with Crippen LogP contribution in [-0.2, 0) is 0 Å². The maximum Gasteiger partial charge on any atom is 0.184 e. The van der Waals surface area contributed by atoms with E-state index < -0.39 is 17.7 Å². The highest BCUT2D eigenvalue weighted by Crippen LogP contribution is 2.34. The number of hydrogen-bond acceptors (Lipinski definition) is 2. The van der Waals surface area contributed by atoms with Crippen molar-refractivity contribution in [2.75, 3.05) is 0 Å². The fourth-order valence-corrected chi connectivity index (χ4v) is 1.86. The van der Waals surface area contributed by atoms with Gasteiger partial charge in [-0.1, -0.05) is 23.7 Å². The van der Waals surface area contributed by atoms with Crippen molar-refractivity contribution < 1.29 is 18.6 Å². The van der Waals surface area contributed by atoms with Crippen molar-refractivity contribution in [1.29, 1.82) is 0 Å². The molecule has 2 nitrogen and oxygen atoms in total. The van der Waals surface area contributed by atoms with Gasteiger partial charge in [0.15, 0.2) is 11.6 Å². The summed E-state index contributed by atoms with van der Waals surface area (Å²) in [5, 5.41) is 9.46. The van der Waals surface area contributed by atoms with Crippen LogP contribution in [0, 0.1) is 11.6 Å². The average Bonchev–Trinajstić information content (AvgIpc) is 2.34. The Labute approximate surface area is 114 Å². The highest BCUT2D eigenvalue weighted by Gasteiger charge is 2.17. The van der Waals surface area contributed by atoms with Crippen molar-refractivity contribution in [1.82, 2.24) is 0 Å². The Morgan fingerprint density at radius 2 is 1.74 bits per heavy atom. The smallest absolute Gasteiger partial charge is 0.184 e. The summed E-state index contributed by atoms with van der Waals surface area (Å²) in [6.07, 6.45) is -1.07. The van der Waals surface area contributed by atoms with E-state index in [-0.39, 0.29) is 22.1 Å². The normalized spacial score (nSPS) is 12.3. The molecule has 0 aliphatic heterocycles. The number of halogens is 3.